The number of nitrogens with two attached hydrogens (primary N) is 1. The molecule has 0 aliphatic rings. The standard InChI is InChI=1S/C10H6N2OS/c11-4-7-9-6(5-13)2-1-3-8(9)14-10(7)12/h1-3,5H,12H2. The number of thiophene rings is 1. The third-order valence-corrected chi connectivity index (χ3v) is 3.00. The lowest BCUT2D eigenvalue weighted by Gasteiger charge is -1.93. The van der Waals surface area contributed by atoms with Crippen molar-refractivity contribution in [1.82, 2.24) is 0 Å². The number of nitrogen functional groups attached to an aromatic ring is 1. The number of anilines is 1. The van der Waals surface area contributed by atoms with Gasteiger partial charge in [0, 0.05) is 15.6 Å². The van der Waals surface area contributed by atoms with E-state index in [2.05, 4.69) is 0 Å². The minimum absolute atomic E-state index is 0.410. The first-order valence-corrected chi connectivity index (χ1v) is 4.76. The molecule has 68 valence electrons. The minimum atomic E-state index is 0.410. The molecule has 1 heterocycles. The van der Waals surface area contributed by atoms with Crippen molar-refractivity contribution in [2.75, 3.05) is 5.73 Å². The van der Waals surface area contributed by atoms with Crippen LogP contribution in [0.3, 0.4) is 0 Å². The topological polar surface area (TPSA) is 66.9 Å². The molecule has 0 aliphatic heterocycles. The lowest BCUT2D eigenvalue weighted by Crippen LogP contribution is -1.85. The van der Waals surface area contributed by atoms with E-state index in [0.717, 1.165) is 11.0 Å². The molecule has 14 heavy (non-hydrogen) atoms. The largest absolute Gasteiger partial charge is 0.389 e. The zero-order valence-electron chi connectivity index (χ0n) is 7.15. The lowest BCUT2D eigenvalue weighted by atomic mass is 10.1. The Bertz CT molecular complexity index is 551. The fourth-order valence-corrected chi connectivity index (χ4v) is 2.36. The predicted molar refractivity (Wildman–Crippen MR) is 56.3 cm³/mol. The number of rotatable bonds is 1. The third-order valence-electron chi connectivity index (χ3n) is 2.01. The second-order valence-corrected chi connectivity index (χ2v) is 3.88. The fraction of sp³-hybridized carbons (Fsp3) is 0. The summed E-state index contributed by atoms with van der Waals surface area (Å²) in [5, 5.41) is 10.0. The van der Waals surface area contributed by atoms with Crippen LogP contribution in [-0.2, 0) is 0 Å². The second kappa shape index (κ2) is 3.13. The summed E-state index contributed by atoms with van der Waals surface area (Å²) < 4.78 is 0.878. The summed E-state index contributed by atoms with van der Waals surface area (Å²) in [5.41, 5.74) is 6.60. The third kappa shape index (κ3) is 1.07. The molecule has 0 aliphatic carbocycles. The van der Waals surface area contributed by atoms with E-state index in [-0.39, 0.29) is 0 Å². The molecule has 3 nitrogen and oxygen atoms in total. The number of fused-ring (bicyclic) bond motifs is 1. The van der Waals surface area contributed by atoms with Crippen molar-refractivity contribution in [2.45, 2.75) is 0 Å². The van der Waals surface area contributed by atoms with Gasteiger partial charge in [0.05, 0.1) is 5.56 Å². The van der Waals surface area contributed by atoms with Gasteiger partial charge in [-0.05, 0) is 6.07 Å². The van der Waals surface area contributed by atoms with Gasteiger partial charge >= 0.3 is 0 Å². The van der Waals surface area contributed by atoms with E-state index in [1.807, 2.05) is 12.1 Å². The Morgan fingerprint density at radius 3 is 2.93 bits per heavy atom. The molecular formula is C10H6N2OS. The molecule has 0 fully saturated rings. The van der Waals surface area contributed by atoms with Gasteiger partial charge in [-0.15, -0.1) is 11.3 Å². The van der Waals surface area contributed by atoms with E-state index in [1.54, 1.807) is 12.1 Å². The highest BCUT2D eigenvalue weighted by Gasteiger charge is 2.12. The maximum Gasteiger partial charge on any atom is 0.150 e. The fourth-order valence-electron chi connectivity index (χ4n) is 1.40. The highest BCUT2D eigenvalue weighted by Crippen LogP contribution is 2.34. The van der Waals surface area contributed by atoms with Gasteiger partial charge in [-0.3, -0.25) is 4.79 Å². The van der Waals surface area contributed by atoms with Crippen LogP contribution in [0.2, 0.25) is 0 Å². The highest BCUT2D eigenvalue weighted by molar-refractivity contribution is 7.23. The number of nitriles is 1. The second-order valence-electron chi connectivity index (χ2n) is 2.79. The van der Waals surface area contributed by atoms with Gasteiger partial charge in [-0.2, -0.15) is 5.26 Å². The summed E-state index contributed by atoms with van der Waals surface area (Å²) in [4.78, 5) is 10.8. The number of hydrogen-bond acceptors (Lipinski definition) is 4. The maximum absolute atomic E-state index is 10.8. The SMILES string of the molecule is N#Cc1c(N)sc2cccc(C=O)c12. The molecule has 0 atom stereocenters. The van der Waals surface area contributed by atoms with Gasteiger partial charge in [-0.25, -0.2) is 0 Å². The molecule has 0 radical (unpaired) electrons. The maximum atomic E-state index is 10.8. The molecule has 0 unspecified atom stereocenters. The van der Waals surface area contributed by atoms with Crippen LogP contribution in [0.5, 0.6) is 0 Å². The molecule has 4 heteroatoms. The number of nitrogens with zero attached hydrogens (tertiary/aromatic N) is 1. The number of aldehydes is 1. The quantitative estimate of drug-likeness (QED) is 0.720. The van der Waals surface area contributed by atoms with E-state index in [9.17, 15) is 4.79 Å². The van der Waals surface area contributed by atoms with E-state index >= 15 is 0 Å². The van der Waals surface area contributed by atoms with Gasteiger partial charge in [0.1, 0.15) is 11.1 Å². The summed E-state index contributed by atoms with van der Waals surface area (Å²) in [5.74, 6) is 0. The Morgan fingerprint density at radius 2 is 2.29 bits per heavy atom. The summed E-state index contributed by atoms with van der Waals surface area (Å²) in [6, 6.07) is 7.33. The molecule has 2 rings (SSSR count). The summed E-state index contributed by atoms with van der Waals surface area (Å²) >= 11 is 1.33. The first-order valence-electron chi connectivity index (χ1n) is 3.94. The molecule has 1 aromatic carbocycles. The summed E-state index contributed by atoms with van der Waals surface area (Å²) in [6.45, 7) is 0. The first kappa shape index (κ1) is 8.73. The van der Waals surface area contributed by atoms with E-state index in [4.69, 9.17) is 11.0 Å². The lowest BCUT2D eigenvalue weighted by molar-refractivity contribution is 0.112. The zero-order valence-corrected chi connectivity index (χ0v) is 7.97. The Morgan fingerprint density at radius 1 is 1.50 bits per heavy atom. The first-order chi connectivity index (χ1) is 6.77. The van der Waals surface area contributed by atoms with E-state index in [0.29, 0.717) is 21.5 Å². The molecule has 2 N–H and O–H groups in total. The van der Waals surface area contributed by atoms with E-state index < -0.39 is 0 Å². The molecule has 0 amide bonds. The number of hydrogen-bond donors (Lipinski definition) is 1. The van der Waals surface area contributed by atoms with Crippen molar-refractivity contribution < 1.29 is 4.79 Å². The van der Waals surface area contributed by atoms with Crippen LogP contribution in [0.15, 0.2) is 18.2 Å². The van der Waals surface area contributed by atoms with Crippen molar-refractivity contribution in [3.63, 3.8) is 0 Å². The zero-order chi connectivity index (χ0) is 10.1. The van der Waals surface area contributed by atoms with Crippen LogP contribution in [0.1, 0.15) is 15.9 Å². The molecule has 0 spiro atoms. The normalized spacial score (nSPS) is 9.93. The van der Waals surface area contributed by atoms with Crippen molar-refractivity contribution >= 4 is 32.7 Å². The summed E-state index contributed by atoms with van der Waals surface area (Å²) in [6.07, 6.45) is 0.745. The summed E-state index contributed by atoms with van der Waals surface area (Å²) in [7, 11) is 0. The van der Waals surface area contributed by atoms with Crippen LogP contribution >= 0.6 is 11.3 Å². The van der Waals surface area contributed by atoms with Crippen molar-refractivity contribution in [3.05, 3.63) is 29.3 Å². The number of carbonyl (C=O) groups is 1. The molecule has 0 saturated carbocycles. The van der Waals surface area contributed by atoms with E-state index in [1.165, 1.54) is 11.3 Å². The van der Waals surface area contributed by atoms with Gasteiger partial charge < -0.3 is 5.73 Å². The van der Waals surface area contributed by atoms with Crippen molar-refractivity contribution in [3.8, 4) is 6.07 Å². The van der Waals surface area contributed by atoms with Crippen molar-refractivity contribution in [2.24, 2.45) is 0 Å². The van der Waals surface area contributed by atoms with Gasteiger partial charge in [-0.1, -0.05) is 12.1 Å². The van der Waals surface area contributed by atoms with Crippen LogP contribution < -0.4 is 5.73 Å². The molecular weight excluding hydrogens is 196 g/mol. The Kier molecular flexibility index (Phi) is 1.95. The molecule has 0 bridgehead atoms. The highest BCUT2D eigenvalue weighted by atomic mass is 32.1. The van der Waals surface area contributed by atoms with Crippen molar-refractivity contribution in [1.29, 1.82) is 5.26 Å². The predicted octanol–water partition coefficient (Wildman–Crippen LogP) is 2.17. The molecule has 0 saturated heterocycles. The van der Waals surface area contributed by atoms with Crippen LogP contribution in [-0.4, -0.2) is 6.29 Å². The Hall–Kier alpha value is -1.86. The van der Waals surface area contributed by atoms with Crippen LogP contribution in [0.4, 0.5) is 5.00 Å². The average molecular weight is 202 g/mol. The molecule has 2 aromatic rings. The Balaban J connectivity index is 2.98. The monoisotopic (exact) mass is 202 g/mol. The Labute approximate surface area is 84.4 Å². The van der Waals surface area contributed by atoms with Gasteiger partial charge in [0.2, 0.25) is 0 Å². The van der Waals surface area contributed by atoms with Gasteiger partial charge in [0.15, 0.2) is 6.29 Å². The van der Waals surface area contributed by atoms with Gasteiger partial charge in [0.25, 0.3) is 0 Å². The average Bonchev–Trinajstić information content (AvgIpc) is 2.52. The molecule has 1 aromatic heterocycles. The van der Waals surface area contributed by atoms with Crippen LogP contribution in [0.25, 0.3) is 10.1 Å². The van der Waals surface area contributed by atoms with Crippen LogP contribution in [0, 0.1) is 11.3 Å². The number of benzene rings is 1. The minimum Gasteiger partial charge on any atom is -0.389 e. The number of carbonyl (C=O) groups excluding carboxylic acids is 1. The smallest absolute Gasteiger partial charge is 0.150 e.